The number of hydrogen-bond donors (Lipinski definition) is 3. The van der Waals surface area contributed by atoms with Crippen molar-refractivity contribution in [1.29, 1.82) is 0 Å². The van der Waals surface area contributed by atoms with Gasteiger partial charge in [0, 0.05) is 12.5 Å². The van der Waals surface area contributed by atoms with Gasteiger partial charge in [-0.1, -0.05) is 0 Å². The van der Waals surface area contributed by atoms with E-state index in [0.29, 0.717) is 9.88 Å². The van der Waals surface area contributed by atoms with E-state index in [9.17, 15) is 9.59 Å². The van der Waals surface area contributed by atoms with Crippen molar-refractivity contribution in [2.45, 2.75) is 25.9 Å². The third-order valence-electron chi connectivity index (χ3n) is 2.58. The lowest BCUT2D eigenvalue weighted by Gasteiger charge is -2.05. The van der Waals surface area contributed by atoms with Crippen LogP contribution in [0.3, 0.4) is 0 Å². The maximum Gasteiger partial charge on any atom is 0.261 e. The first-order chi connectivity index (χ1) is 8.56. The van der Waals surface area contributed by atoms with E-state index in [2.05, 4.69) is 10.6 Å². The number of aliphatic hydroxyl groups excluding tert-OH is 1. The van der Waals surface area contributed by atoms with Gasteiger partial charge in [0.1, 0.15) is 0 Å². The van der Waals surface area contributed by atoms with Gasteiger partial charge >= 0.3 is 0 Å². The van der Waals surface area contributed by atoms with Gasteiger partial charge in [0.15, 0.2) is 0 Å². The molecule has 1 fully saturated rings. The van der Waals surface area contributed by atoms with Crippen molar-refractivity contribution in [1.82, 2.24) is 5.32 Å². The van der Waals surface area contributed by atoms with E-state index in [4.69, 9.17) is 5.11 Å². The highest BCUT2D eigenvalue weighted by Gasteiger charge is 2.29. The van der Waals surface area contributed by atoms with Gasteiger partial charge in [-0.05, 0) is 31.9 Å². The van der Waals surface area contributed by atoms with Gasteiger partial charge in [-0.25, -0.2) is 0 Å². The largest absolute Gasteiger partial charge is 0.392 e. The zero-order valence-electron chi connectivity index (χ0n) is 10.1. The Labute approximate surface area is 109 Å². The fourth-order valence-corrected chi connectivity index (χ4v) is 2.25. The highest BCUT2D eigenvalue weighted by atomic mass is 32.1. The van der Waals surface area contributed by atoms with Crippen molar-refractivity contribution < 1.29 is 14.7 Å². The third-order valence-corrected chi connectivity index (χ3v) is 3.58. The van der Waals surface area contributed by atoms with Gasteiger partial charge in [0.25, 0.3) is 5.91 Å². The van der Waals surface area contributed by atoms with Crippen molar-refractivity contribution in [2.24, 2.45) is 5.92 Å². The minimum absolute atomic E-state index is 0.0350. The number of amides is 2. The molecule has 5 nitrogen and oxygen atoms in total. The zero-order valence-corrected chi connectivity index (χ0v) is 10.9. The predicted octanol–water partition coefficient (Wildman–Crippen LogP) is 1.21. The molecule has 1 unspecified atom stereocenters. The highest BCUT2D eigenvalue weighted by molar-refractivity contribution is 7.18. The maximum absolute atomic E-state index is 11.7. The quantitative estimate of drug-likeness (QED) is 0.751. The molecule has 1 heterocycles. The summed E-state index contributed by atoms with van der Waals surface area (Å²) >= 11 is 1.24. The summed E-state index contributed by atoms with van der Waals surface area (Å²) in [6.45, 7) is 1.83. The van der Waals surface area contributed by atoms with Crippen molar-refractivity contribution in [2.75, 3.05) is 11.9 Å². The van der Waals surface area contributed by atoms with Crippen molar-refractivity contribution in [3.05, 3.63) is 17.0 Å². The van der Waals surface area contributed by atoms with Gasteiger partial charge < -0.3 is 15.7 Å². The van der Waals surface area contributed by atoms with Crippen LogP contribution in [0.2, 0.25) is 0 Å². The fraction of sp³-hybridized carbons (Fsp3) is 0.500. The average Bonchev–Trinajstić information content (AvgIpc) is 3.07. The smallest absolute Gasteiger partial charge is 0.261 e. The zero-order chi connectivity index (χ0) is 13.1. The predicted molar refractivity (Wildman–Crippen MR) is 69.7 cm³/mol. The summed E-state index contributed by atoms with van der Waals surface area (Å²) < 4.78 is 0. The Morgan fingerprint density at radius 3 is 2.83 bits per heavy atom. The second kappa shape index (κ2) is 5.49. The Bertz CT molecular complexity index is 452. The highest BCUT2D eigenvalue weighted by Crippen LogP contribution is 2.31. The Morgan fingerprint density at radius 1 is 1.50 bits per heavy atom. The molecule has 18 heavy (non-hydrogen) atoms. The number of carbonyl (C=O) groups excluding carboxylic acids is 2. The van der Waals surface area contributed by atoms with Gasteiger partial charge in [-0.2, -0.15) is 0 Å². The first kappa shape index (κ1) is 13.0. The summed E-state index contributed by atoms with van der Waals surface area (Å²) in [5, 5.41) is 15.2. The van der Waals surface area contributed by atoms with Crippen LogP contribution in [0.1, 0.15) is 29.4 Å². The lowest BCUT2D eigenvalue weighted by molar-refractivity contribution is -0.117. The van der Waals surface area contributed by atoms with Crippen molar-refractivity contribution in [3.63, 3.8) is 0 Å². The van der Waals surface area contributed by atoms with Crippen LogP contribution in [-0.2, 0) is 4.79 Å². The number of hydrogen-bond acceptors (Lipinski definition) is 4. The molecule has 2 rings (SSSR count). The van der Waals surface area contributed by atoms with E-state index < -0.39 is 6.10 Å². The van der Waals surface area contributed by atoms with Crippen LogP contribution in [0.5, 0.6) is 0 Å². The van der Waals surface area contributed by atoms with Gasteiger partial charge in [-0.15, -0.1) is 11.3 Å². The van der Waals surface area contributed by atoms with Crippen LogP contribution in [0.4, 0.5) is 5.00 Å². The molecule has 1 aromatic heterocycles. The minimum Gasteiger partial charge on any atom is -0.392 e. The standard InChI is InChI=1S/C12H16N2O3S/c1-7(15)6-13-12(17)9-4-5-10(18-9)14-11(16)8-2-3-8/h4-5,7-8,15H,2-3,6H2,1H3,(H,13,17)(H,14,16). The van der Waals surface area contributed by atoms with Crippen LogP contribution in [-0.4, -0.2) is 29.6 Å². The Kier molecular flexibility index (Phi) is 3.98. The van der Waals surface area contributed by atoms with E-state index in [0.717, 1.165) is 12.8 Å². The van der Waals surface area contributed by atoms with Crippen molar-refractivity contribution in [3.8, 4) is 0 Å². The third kappa shape index (κ3) is 3.54. The molecular formula is C12H16N2O3S. The second-order valence-corrected chi connectivity index (χ2v) is 5.57. The SMILES string of the molecule is CC(O)CNC(=O)c1ccc(NC(=O)C2CC2)s1. The molecule has 0 aromatic carbocycles. The van der Waals surface area contributed by atoms with Crippen LogP contribution in [0.15, 0.2) is 12.1 Å². The number of anilines is 1. The molecule has 0 spiro atoms. The maximum atomic E-state index is 11.7. The first-order valence-corrected chi connectivity index (χ1v) is 6.75. The second-order valence-electron chi connectivity index (χ2n) is 4.49. The van der Waals surface area contributed by atoms with E-state index in [1.165, 1.54) is 11.3 Å². The molecule has 6 heteroatoms. The number of aliphatic hydroxyl groups is 1. The topological polar surface area (TPSA) is 78.4 Å². The Morgan fingerprint density at radius 2 is 2.22 bits per heavy atom. The number of thiophene rings is 1. The van der Waals surface area contributed by atoms with Gasteiger partial charge in [-0.3, -0.25) is 9.59 Å². The van der Waals surface area contributed by atoms with Crippen molar-refractivity contribution >= 4 is 28.2 Å². The molecular weight excluding hydrogens is 252 g/mol. The molecule has 0 aliphatic heterocycles. The summed E-state index contributed by atoms with van der Waals surface area (Å²) in [5.74, 6) is -0.0415. The van der Waals surface area contributed by atoms with Crippen LogP contribution >= 0.6 is 11.3 Å². The number of carbonyl (C=O) groups is 2. The van der Waals surface area contributed by atoms with E-state index in [1.54, 1.807) is 19.1 Å². The Balaban J connectivity index is 1.88. The minimum atomic E-state index is -0.567. The lowest BCUT2D eigenvalue weighted by atomic mass is 10.3. The molecule has 2 amide bonds. The van der Waals surface area contributed by atoms with Gasteiger partial charge in [0.05, 0.1) is 16.0 Å². The molecule has 0 bridgehead atoms. The van der Waals surface area contributed by atoms with E-state index >= 15 is 0 Å². The summed E-state index contributed by atoms with van der Waals surface area (Å²) in [7, 11) is 0. The summed E-state index contributed by atoms with van der Waals surface area (Å²) in [6.07, 6.45) is 1.35. The average molecular weight is 268 g/mol. The fourth-order valence-electron chi connectivity index (χ4n) is 1.42. The summed E-state index contributed by atoms with van der Waals surface area (Å²) in [5.41, 5.74) is 0. The molecule has 98 valence electrons. The molecule has 1 aromatic rings. The summed E-state index contributed by atoms with van der Waals surface area (Å²) in [4.78, 5) is 23.7. The molecule has 0 saturated heterocycles. The Hall–Kier alpha value is -1.40. The first-order valence-electron chi connectivity index (χ1n) is 5.93. The van der Waals surface area contributed by atoms with Crippen LogP contribution in [0.25, 0.3) is 0 Å². The molecule has 1 aliphatic carbocycles. The molecule has 1 aliphatic rings. The number of nitrogens with one attached hydrogen (secondary N) is 2. The number of rotatable bonds is 5. The monoisotopic (exact) mass is 268 g/mol. The van der Waals surface area contributed by atoms with Crippen LogP contribution in [0, 0.1) is 5.92 Å². The van der Waals surface area contributed by atoms with Gasteiger partial charge in [0.2, 0.25) is 5.91 Å². The molecule has 3 N–H and O–H groups in total. The normalized spacial score (nSPS) is 16.1. The van der Waals surface area contributed by atoms with E-state index in [1.807, 2.05) is 0 Å². The molecule has 0 radical (unpaired) electrons. The molecule has 1 atom stereocenters. The summed E-state index contributed by atoms with van der Waals surface area (Å²) in [6, 6.07) is 3.40. The van der Waals surface area contributed by atoms with E-state index in [-0.39, 0.29) is 24.3 Å². The van der Waals surface area contributed by atoms with Crippen LogP contribution < -0.4 is 10.6 Å². The molecule has 1 saturated carbocycles. The lowest BCUT2D eigenvalue weighted by Crippen LogP contribution is -2.29.